The number of urea groups is 1. The first-order valence-corrected chi connectivity index (χ1v) is 9.19. The maximum absolute atomic E-state index is 12.5. The monoisotopic (exact) mass is 290 g/mol. The van der Waals surface area contributed by atoms with Crippen LogP contribution in [0.2, 0.25) is 0 Å². The lowest BCUT2D eigenvalue weighted by Crippen LogP contribution is -2.62. The van der Waals surface area contributed by atoms with Gasteiger partial charge in [0.25, 0.3) is 0 Å². The summed E-state index contributed by atoms with van der Waals surface area (Å²) in [6.45, 7) is 2.33. The van der Waals surface area contributed by atoms with Crippen molar-refractivity contribution in [1.82, 2.24) is 10.6 Å². The molecule has 0 aromatic rings. The molecule has 3 nitrogen and oxygen atoms in total. The van der Waals surface area contributed by atoms with Gasteiger partial charge in [-0.1, -0.05) is 6.92 Å². The number of hydrogen-bond acceptors (Lipinski definition) is 1. The molecule has 0 aromatic heterocycles. The van der Waals surface area contributed by atoms with Crippen LogP contribution in [-0.4, -0.2) is 17.6 Å². The summed E-state index contributed by atoms with van der Waals surface area (Å²) in [5.41, 5.74) is 0.154. The Morgan fingerprint density at radius 3 is 1.95 bits per heavy atom. The Kier molecular flexibility index (Phi) is 3.42. The van der Waals surface area contributed by atoms with Crippen LogP contribution in [0.4, 0.5) is 4.79 Å². The molecule has 5 fully saturated rings. The molecule has 21 heavy (non-hydrogen) atoms. The van der Waals surface area contributed by atoms with Gasteiger partial charge >= 0.3 is 6.03 Å². The van der Waals surface area contributed by atoms with Crippen LogP contribution in [0.25, 0.3) is 0 Å². The fourth-order valence-electron chi connectivity index (χ4n) is 6.13. The van der Waals surface area contributed by atoms with Gasteiger partial charge in [-0.2, -0.15) is 0 Å². The van der Waals surface area contributed by atoms with Crippen molar-refractivity contribution in [1.29, 1.82) is 0 Å². The Morgan fingerprint density at radius 1 is 0.905 bits per heavy atom. The van der Waals surface area contributed by atoms with Crippen molar-refractivity contribution >= 4 is 6.03 Å². The topological polar surface area (TPSA) is 41.1 Å². The van der Waals surface area contributed by atoms with E-state index >= 15 is 0 Å². The first-order valence-electron chi connectivity index (χ1n) is 9.19. The standard InChI is InChI=1S/C18H30N2O/c1-12-2-4-16(5-3-12)19-17(21)20-18-9-13-6-14(10-18)8-15(7-13)11-18/h12-16H,2-11H2,1H3,(H2,19,20,21). The molecule has 2 N–H and O–H groups in total. The van der Waals surface area contributed by atoms with E-state index in [1.165, 1.54) is 51.4 Å². The zero-order chi connectivity index (χ0) is 14.4. The maximum Gasteiger partial charge on any atom is 0.315 e. The highest BCUT2D eigenvalue weighted by Gasteiger charge is 2.51. The fraction of sp³-hybridized carbons (Fsp3) is 0.944. The number of amides is 2. The largest absolute Gasteiger partial charge is 0.335 e. The number of hydrogen-bond donors (Lipinski definition) is 2. The quantitative estimate of drug-likeness (QED) is 0.797. The van der Waals surface area contributed by atoms with Crippen molar-refractivity contribution in [2.75, 3.05) is 0 Å². The summed E-state index contributed by atoms with van der Waals surface area (Å²) in [6, 6.07) is 0.534. The molecule has 0 spiro atoms. The van der Waals surface area contributed by atoms with Crippen LogP contribution in [0, 0.1) is 23.7 Å². The van der Waals surface area contributed by atoms with Gasteiger partial charge in [0.2, 0.25) is 0 Å². The van der Waals surface area contributed by atoms with Crippen LogP contribution >= 0.6 is 0 Å². The molecule has 5 aliphatic carbocycles. The molecule has 2 amide bonds. The van der Waals surface area contributed by atoms with E-state index < -0.39 is 0 Å². The molecular weight excluding hydrogens is 260 g/mol. The Labute approximate surface area is 128 Å². The van der Waals surface area contributed by atoms with Crippen molar-refractivity contribution < 1.29 is 4.79 Å². The van der Waals surface area contributed by atoms with Crippen LogP contribution in [0.5, 0.6) is 0 Å². The molecule has 0 atom stereocenters. The lowest BCUT2D eigenvalue weighted by Gasteiger charge is -2.56. The molecule has 5 saturated carbocycles. The molecule has 4 bridgehead atoms. The van der Waals surface area contributed by atoms with Crippen molar-refractivity contribution in [2.24, 2.45) is 23.7 Å². The summed E-state index contributed by atoms with van der Waals surface area (Å²) in [6.07, 6.45) is 12.9. The van der Waals surface area contributed by atoms with E-state index in [4.69, 9.17) is 0 Å². The van der Waals surface area contributed by atoms with Gasteiger partial charge in [0, 0.05) is 11.6 Å². The molecule has 5 aliphatic rings. The Hall–Kier alpha value is -0.730. The van der Waals surface area contributed by atoms with E-state index in [-0.39, 0.29) is 11.6 Å². The zero-order valence-electron chi connectivity index (χ0n) is 13.4. The average molecular weight is 290 g/mol. The van der Waals surface area contributed by atoms with Gasteiger partial charge in [0.1, 0.15) is 0 Å². The lowest BCUT2D eigenvalue weighted by molar-refractivity contribution is -0.0137. The third-order valence-corrected chi connectivity index (χ3v) is 6.77. The number of nitrogens with one attached hydrogen (secondary N) is 2. The lowest BCUT2D eigenvalue weighted by atomic mass is 9.53. The second kappa shape index (κ2) is 5.17. The normalized spacial score (nSPS) is 48.1. The minimum absolute atomic E-state index is 0.122. The molecule has 0 heterocycles. The molecule has 0 aromatic carbocycles. The number of rotatable bonds is 2. The summed E-state index contributed by atoms with van der Waals surface area (Å²) in [5, 5.41) is 6.70. The summed E-state index contributed by atoms with van der Waals surface area (Å²) in [4.78, 5) is 12.5. The predicted octanol–water partition coefficient (Wildman–Crippen LogP) is 3.83. The summed E-state index contributed by atoms with van der Waals surface area (Å²) < 4.78 is 0. The van der Waals surface area contributed by atoms with E-state index in [2.05, 4.69) is 17.6 Å². The summed E-state index contributed by atoms with van der Waals surface area (Å²) >= 11 is 0. The Bertz CT molecular complexity index is 376. The molecule has 3 heteroatoms. The van der Waals surface area contributed by atoms with Crippen LogP contribution in [-0.2, 0) is 0 Å². The highest BCUT2D eigenvalue weighted by atomic mass is 16.2. The van der Waals surface area contributed by atoms with Gasteiger partial charge in [0.05, 0.1) is 0 Å². The predicted molar refractivity (Wildman–Crippen MR) is 84.0 cm³/mol. The minimum Gasteiger partial charge on any atom is -0.335 e. The van der Waals surface area contributed by atoms with Crippen LogP contribution in [0.1, 0.15) is 71.1 Å². The Morgan fingerprint density at radius 2 is 1.43 bits per heavy atom. The molecule has 5 rings (SSSR count). The van der Waals surface area contributed by atoms with Gasteiger partial charge in [-0.3, -0.25) is 0 Å². The van der Waals surface area contributed by atoms with Crippen molar-refractivity contribution in [2.45, 2.75) is 82.7 Å². The summed E-state index contributed by atoms with van der Waals surface area (Å²) in [7, 11) is 0. The van der Waals surface area contributed by atoms with Gasteiger partial charge in [-0.25, -0.2) is 4.79 Å². The molecular formula is C18H30N2O. The second-order valence-electron chi connectivity index (χ2n) is 8.75. The van der Waals surface area contributed by atoms with E-state index in [1.807, 2.05) is 0 Å². The van der Waals surface area contributed by atoms with Crippen molar-refractivity contribution in [3.8, 4) is 0 Å². The third-order valence-electron chi connectivity index (χ3n) is 6.77. The molecule has 0 radical (unpaired) electrons. The van der Waals surface area contributed by atoms with Gasteiger partial charge in [-0.05, 0) is 87.9 Å². The number of carbonyl (C=O) groups excluding carboxylic acids is 1. The number of carbonyl (C=O) groups is 1. The first kappa shape index (κ1) is 13.9. The Balaban J connectivity index is 1.34. The second-order valence-corrected chi connectivity index (χ2v) is 8.75. The SMILES string of the molecule is CC1CCC(NC(=O)NC23CC4CC(CC(C4)C2)C3)CC1. The molecule has 118 valence electrons. The van der Waals surface area contributed by atoms with Crippen LogP contribution in [0.3, 0.4) is 0 Å². The minimum atomic E-state index is 0.122. The fourth-order valence-corrected chi connectivity index (χ4v) is 6.13. The highest BCUT2D eigenvalue weighted by molar-refractivity contribution is 5.75. The van der Waals surface area contributed by atoms with E-state index in [1.54, 1.807) is 0 Å². The van der Waals surface area contributed by atoms with Crippen molar-refractivity contribution in [3.05, 3.63) is 0 Å². The maximum atomic E-state index is 12.5. The highest BCUT2D eigenvalue weighted by Crippen LogP contribution is 2.55. The molecule has 0 unspecified atom stereocenters. The van der Waals surface area contributed by atoms with Gasteiger partial charge in [-0.15, -0.1) is 0 Å². The average Bonchev–Trinajstić information content (AvgIpc) is 2.39. The van der Waals surface area contributed by atoms with Gasteiger partial charge < -0.3 is 10.6 Å². The smallest absolute Gasteiger partial charge is 0.315 e. The zero-order valence-corrected chi connectivity index (χ0v) is 13.4. The van der Waals surface area contributed by atoms with E-state index in [9.17, 15) is 4.79 Å². The molecule has 0 saturated heterocycles. The van der Waals surface area contributed by atoms with Crippen LogP contribution in [0.15, 0.2) is 0 Å². The van der Waals surface area contributed by atoms with Crippen molar-refractivity contribution in [3.63, 3.8) is 0 Å². The van der Waals surface area contributed by atoms with E-state index in [0.717, 1.165) is 36.5 Å². The van der Waals surface area contributed by atoms with Gasteiger partial charge in [0.15, 0.2) is 0 Å². The third kappa shape index (κ3) is 2.80. The van der Waals surface area contributed by atoms with E-state index in [0.29, 0.717) is 6.04 Å². The van der Waals surface area contributed by atoms with Crippen LogP contribution < -0.4 is 10.6 Å². The molecule has 0 aliphatic heterocycles. The first-order chi connectivity index (χ1) is 10.1. The summed E-state index contributed by atoms with van der Waals surface area (Å²) in [5.74, 6) is 3.53.